The molecule has 0 aliphatic rings. The summed E-state index contributed by atoms with van der Waals surface area (Å²) in [6, 6.07) is 0. The van der Waals surface area contributed by atoms with Gasteiger partial charge in [-0.25, -0.2) is 14.3 Å². The molecule has 0 atom stereocenters. The second-order valence-electron chi connectivity index (χ2n) is 5.55. The molecule has 6 heteroatoms. The first-order valence-corrected chi connectivity index (χ1v) is 8.19. The van der Waals surface area contributed by atoms with Gasteiger partial charge in [0.05, 0.1) is 6.54 Å². The van der Waals surface area contributed by atoms with Gasteiger partial charge in [0.15, 0.2) is 17.0 Å². The summed E-state index contributed by atoms with van der Waals surface area (Å²) in [4.78, 5) is 29.4. The SMILES string of the molecule is C#CCn1c(=O)c2c(nc(C#CCCCCC)n2C)n(CC)c1=O. The van der Waals surface area contributed by atoms with Crippen LogP contribution in [0.4, 0.5) is 0 Å². The largest absolute Gasteiger partial charge is 0.333 e. The average molecular weight is 326 g/mol. The van der Waals surface area contributed by atoms with E-state index < -0.39 is 11.2 Å². The molecule has 0 bridgehead atoms. The van der Waals surface area contributed by atoms with Gasteiger partial charge in [-0.05, 0) is 19.3 Å². The smallest absolute Gasteiger partial charge is 0.315 e. The topological polar surface area (TPSA) is 61.8 Å². The van der Waals surface area contributed by atoms with Crippen molar-refractivity contribution in [1.82, 2.24) is 18.7 Å². The first-order chi connectivity index (χ1) is 11.6. The third kappa shape index (κ3) is 3.14. The van der Waals surface area contributed by atoms with Crippen LogP contribution < -0.4 is 11.2 Å². The Balaban J connectivity index is 2.62. The van der Waals surface area contributed by atoms with Crippen LogP contribution in [-0.2, 0) is 20.1 Å². The fourth-order valence-electron chi connectivity index (χ4n) is 2.59. The van der Waals surface area contributed by atoms with Crippen molar-refractivity contribution >= 4 is 11.2 Å². The molecule has 0 N–H and O–H groups in total. The lowest BCUT2D eigenvalue weighted by molar-refractivity contribution is 0.630. The van der Waals surface area contributed by atoms with Gasteiger partial charge in [-0.15, -0.1) is 6.42 Å². The van der Waals surface area contributed by atoms with Crippen LogP contribution in [0.25, 0.3) is 11.2 Å². The highest BCUT2D eigenvalue weighted by Gasteiger charge is 2.18. The lowest BCUT2D eigenvalue weighted by atomic mass is 10.2. The number of aromatic nitrogens is 4. The van der Waals surface area contributed by atoms with Gasteiger partial charge in [0, 0.05) is 20.0 Å². The molecule has 6 nitrogen and oxygen atoms in total. The van der Waals surface area contributed by atoms with Gasteiger partial charge in [-0.3, -0.25) is 9.36 Å². The molecule has 2 aromatic heterocycles. The van der Waals surface area contributed by atoms with Crippen LogP contribution in [0.5, 0.6) is 0 Å². The summed E-state index contributed by atoms with van der Waals surface area (Å²) in [6.07, 6.45) is 9.40. The van der Waals surface area contributed by atoms with Crippen LogP contribution in [0.2, 0.25) is 0 Å². The predicted octanol–water partition coefficient (Wildman–Crippen LogP) is 1.48. The quantitative estimate of drug-likeness (QED) is 0.618. The minimum absolute atomic E-state index is 0.0587. The maximum absolute atomic E-state index is 12.6. The van der Waals surface area contributed by atoms with E-state index in [1.54, 1.807) is 11.6 Å². The van der Waals surface area contributed by atoms with E-state index in [1.165, 1.54) is 4.57 Å². The van der Waals surface area contributed by atoms with E-state index in [4.69, 9.17) is 6.42 Å². The number of nitrogens with zero attached hydrogens (tertiary/aromatic N) is 4. The van der Waals surface area contributed by atoms with Crippen LogP contribution in [0.15, 0.2) is 9.59 Å². The molecule has 2 rings (SSSR count). The van der Waals surface area contributed by atoms with Crippen molar-refractivity contribution in [1.29, 1.82) is 0 Å². The van der Waals surface area contributed by atoms with Crippen molar-refractivity contribution < 1.29 is 0 Å². The minimum Gasteiger partial charge on any atom is -0.315 e. The lowest BCUT2D eigenvalue weighted by Crippen LogP contribution is -2.40. The minimum atomic E-state index is -0.437. The Labute approximate surface area is 141 Å². The Morgan fingerprint density at radius 3 is 2.54 bits per heavy atom. The number of terminal acetylenes is 1. The van der Waals surface area contributed by atoms with E-state index in [0.29, 0.717) is 23.5 Å². The molecule has 0 unspecified atom stereocenters. The van der Waals surface area contributed by atoms with Crippen LogP contribution in [-0.4, -0.2) is 18.7 Å². The molecule has 0 saturated carbocycles. The molecule has 0 spiro atoms. The Kier molecular flexibility index (Phi) is 5.65. The monoisotopic (exact) mass is 326 g/mol. The van der Waals surface area contributed by atoms with Crippen LogP contribution in [0.3, 0.4) is 0 Å². The number of imidazole rings is 1. The summed E-state index contributed by atoms with van der Waals surface area (Å²) < 4.78 is 4.16. The van der Waals surface area contributed by atoms with Crippen molar-refractivity contribution in [3.05, 3.63) is 26.7 Å². The van der Waals surface area contributed by atoms with Gasteiger partial charge < -0.3 is 4.57 Å². The van der Waals surface area contributed by atoms with Crippen LogP contribution in [0.1, 0.15) is 45.4 Å². The molecule has 0 aromatic carbocycles. The van der Waals surface area contributed by atoms with E-state index in [2.05, 4.69) is 29.7 Å². The second-order valence-corrected chi connectivity index (χ2v) is 5.55. The fraction of sp³-hybridized carbons (Fsp3) is 0.500. The predicted molar refractivity (Wildman–Crippen MR) is 94.8 cm³/mol. The zero-order valence-electron chi connectivity index (χ0n) is 14.4. The third-order valence-electron chi connectivity index (χ3n) is 3.91. The molecule has 0 saturated heterocycles. The Morgan fingerprint density at radius 2 is 1.92 bits per heavy atom. The average Bonchev–Trinajstić information content (AvgIpc) is 2.88. The summed E-state index contributed by atoms with van der Waals surface area (Å²) in [6.45, 7) is 4.32. The van der Waals surface area contributed by atoms with Crippen molar-refractivity contribution in [3.63, 3.8) is 0 Å². The number of aryl methyl sites for hydroxylation is 2. The van der Waals surface area contributed by atoms with Crippen molar-refractivity contribution in [2.45, 2.75) is 52.6 Å². The van der Waals surface area contributed by atoms with Gasteiger partial charge in [0.2, 0.25) is 0 Å². The summed E-state index contributed by atoms with van der Waals surface area (Å²) >= 11 is 0. The summed E-state index contributed by atoms with van der Waals surface area (Å²) in [5.74, 6) is 8.94. The maximum atomic E-state index is 12.6. The first-order valence-electron chi connectivity index (χ1n) is 8.19. The van der Waals surface area contributed by atoms with E-state index in [9.17, 15) is 9.59 Å². The molecule has 0 aliphatic carbocycles. The van der Waals surface area contributed by atoms with E-state index >= 15 is 0 Å². The van der Waals surface area contributed by atoms with Gasteiger partial charge in [0.25, 0.3) is 5.56 Å². The van der Waals surface area contributed by atoms with E-state index in [1.807, 2.05) is 6.92 Å². The summed E-state index contributed by atoms with van der Waals surface area (Å²) in [7, 11) is 1.73. The van der Waals surface area contributed by atoms with E-state index in [-0.39, 0.29) is 6.54 Å². The maximum Gasteiger partial charge on any atom is 0.333 e. The molecular weight excluding hydrogens is 304 g/mol. The second kappa shape index (κ2) is 7.70. The molecule has 2 aromatic rings. The zero-order chi connectivity index (χ0) is 17.7. The molecule has 0 radical (unpaired) electrons. The zero-order valence-corrected chi connectivity index (χ0v) is 14.4. The number of fused-ring (bicyclic) bond motifs is 1. The van der Waals surface area contributed by atoms with E-state index in [0.717, 1.165) is 30.3 Å². The van der Waals surface area contributed by atoms with Crippen molar-refractivity contribution in [2.24, 2.45) is 7.05 Å². The highest BCUT2D eigenvalue weighted by Crippen LogP contribution is 2.09. The Hall–Kier alpha value is -2.73. The molecule has 24 heavy (non-hydrogen) atoms. The van der Waals surface area contributed by atoms with Crippen molar-refractivity contribution in [3.8, 4) is 24.2 Å². The molecule has 0 amide bonds. The summed E-state index contributed by atoms with van der Waals surface area (Å²) in [5.41, 5.74) is -0.147. The van der Waals surface area contributed by atoms with Gasteiger partial charge >= 0.3 is 5.69 Å². The van der Waals surface area contributed by atoms with Crippen LogP contribution >= 0.6 is 0 Å². The molecule has 2 heterocycles. The highest BCUT2D eigenvalue weighted by molar-refractivity contribution is 5.72. The number of unbranched alkanes of at least 4 members (excludes halogenated alkanes) is 3. The Bertz CT molecular complexity index is 958. The molecular formula is C18H22N4O2. The van der Waals surface area contributed by atoms with Crippen LogP contribution in [0, 0.1) is 24.2 Å². The van der Waals surface area contributed by atoms with Gasteiger partial charge in [-0.1, -0.05) is 31.6 Å². The molecule has 0 fully saturated rings. The first kappa shape index (κ1) is 17.6. The third-order valence-corrected chi connectivity index (χ3v) is 3.91. The standard InChI is InChI=1S/C18H22N4O2/c1-5-8-9-10-11-12-14-19-16-15(20(14)4)17(23)22(13-6-2)18(24)21(16)7-3/h2H,5,7-10,13H2,1,3-4H3. The number of hydrogen-bond donors (Lipinski definition) is 0. The van der Waals surface area contributed by atoms with Crippen molar-refractivity contribution in [2.75, 3.05) is 0 Å². The lowest BCUT2D eigenvalue weighted by Gasteiger charge is -2.07. The van der Waals surface area contributed by atoms with Gasteiger partial charge in [0.1, 0.15) is 0 Å². The van der Waals surface area contributed by atoms with Gasteiger partial charge in [-0.2, -0.15) is 0 Å². The molecule has 126 valence electrons. The number of hydrogen-bond acceptors (Lipinski definition) is 3. The highest BCUT2D eigenvalue weighted by atomic mass is 16.2. The molecule has 0 aliphatic heterocycles. The Morgan fingerprint density at radius 1 is 1.17 bits per heavy atom. The fourth-order valence-corrected chi connectivity index (χ4v) is 2.59. The normalized spacial score (nSPS) is 10.4. The summed E-state index contributed by atoms with van der Waals surface area (Å²) in [5, 5.41) is 0. The number of rotatable bonds is 5.